The van der Waals surface area contributed by atoms with Crippen LogP contribution in [0.4, 0.5) is 5.69 Å². The summed E-state index contributed by atoms with van der Waals surface area (Å²) in [6.07, 6.45) is 6.15. The average molecular weight is 550 g/mol. The van der Waals surface area contributed by atoms with Gasteiger partial charge in [-0.3, -0.25) is 13.9 Å². The molecule has 8 nitrogen and oxygen atoms in total. The second kappa shape index (κ2) is 12.6. The van der Waals surface area contributed by atoms with E-state index in [9.17, 15) is 18.0 Å². The Labute approximate surface area is 225 Å². The number of aryl methyl sites for hydroxylation is 1. The first-order valence-electron chi connectivity index (χ1n) is 12.5. The molecule has 0 aromatic heterocycles. The van der Waals surface area contributed by atoms with Crippen LogP contribution in [0.15, 0.2) is 42.5 Å². The Hall–Kier alpha value is -2.78. The number of nitrogens with zero attached hydrogens (tertiary/aromatic N) is 2. The highest BCUT2D eigenvalue weighted by atomic mass is 35.5. The van der Waals surface area contributed by atoms with Crippen LogP contribution >= 0.6 is 11.6 Å². The maximum atomic E-state index is 13.8. The molecule has 2 aromatic rings. The zero-order chi connectivity index (χ0) is 27.2. The largest absolute Gasteiger partial charge is 0.495 e. The number of amides is 2. The monoisotopic (exact) mass is 549 g/mol. The molecule has 37 heavy (non-hydrogen) atoms. The Kier molecular flexibility index (Phi) is 9.84. The van der Waals surface area contributed by atoms with Crippen LogP contribution in [0, 0.1) is 6.92 Å². The lowest BCUT2D eigenvalue weighted by atomic mass is 9.95. The molecule has 0 saturated heterocycles. The molecule has 3 rings (SSSR count). The van der Waals surface area contributed by atoms with Gasteiger partial charge in [0.05, 0.1) is 19.1 Å². The van der Waals surface area contributed by atoms with Crippen molar-refractivity contribution in [2.45, 2.75) is 64.6 Å². The Morgan fingerprint density at radius 3 is 2.46 bits per heavy atom. The molecule has 1 aliphatic carbocycles. The van der Waals surface area contributed by atoms with E-state index in [2.05, 4.69) is 5.32 Å². The number of ether oxygens (including phenoxy) is 1. The van der Waals surface area contributed by atoms with Crippen LogP contribution in [0.5, 0.6) is 5.75 Å². The summed E-state index contributed by atoms with van der Waals surface area (Å²) < 4.78 is 32.1. The standard InChI is InChI=1S/C27H36ClN3O5S/c1-19-13-14-25(36-3)24(15-19)31(37(4,34)35)18-26(32)30(17-21-9-8-10-22(28)16-21)20(2)27(33)29-23-11-6-5-7-12-23/h8-10,13-16,20,23H,5-7,11-12,17-18H2,1-4H3,(H,29,33). The molecule has 1 saturated carbocycles. The molecule has 1 atom stereocenters. The first-order chi connectivity index (χ1) is 17.5. The predicted molar refractivity (Wildman–Crippen MR) is 146 cm³/mol. The molecule has 202 valence electrons. The fraction of sp³-hybridized carbons (Fsp3) is 0.481. The molecule has 2 aromatic carbocycles. The maximum absolute atomic E-state index is 13.8. The summed E-state index contributed by atoms with van der Waals surface area (Å²) in [6.45, 7) is 3.11. The summed E-state index contributed by atoms with van der Waals surface area (Å²) in [5.41, 5.74) is 1.81. The topological polar surface area (TPSA) is 96.0 Å². The number of anilines is 1. The summed E-state index contributed by atoms with van der Waals surface area (Å²) in [5, 5.41) is 3.59. The van der Waals surface area contributed by atoms with Crippen molar-refractivity contribution >= 4 is 39.1 Å². The highest BCUT2D eigenvalue weighted by molar-refractivity contribution is 7.92. The SMILES string of the molecule is COc1ccc(C)cc1N(CC(=O)N(Cc1cccc(Cl)c1)C(C)C(=O)NC1CCCCC1)S(C)(=O)=O. The van der Waals surface area contributed by atoms with Gasteiger partial charge >= 0.3 is 0 Å². The summed E-state index contributed by atoms with van der Waals surface area (Å²) in [4.78, 5) is 28.4. The highest BCUT2D eigenvalue weighted by Crippen LogP contribution is 2.31. The third-order valence-corrected chi connectivity index (χ3v) is 8.00. The lowest BCUT2D eigenvalue weighted by molar-refractivity contribution is -0.139. The number of hydrogen-bond donors (Lipinski definition) is 1. The Balaban J connectivity index is 1.92. The van der Waals surface area contributed by atoms with Crippen molar-refractivity contribution in [3.8, 4) is 5.75 Å². The molecular formula is C27H36ClN3O5S. The van der Waals surface area contributed by atoms with Crippen LogP contribution in [0.2, 0.25) is 5.02 Å². The zero-order valence-corrected chi connectivity index (χ0v) is 23.4. The Morgan fingerprint density at radius 2 is 1.84 bits per heavy atom. The van der Waals surface area contributed by atoms with Gasteiger partial charge in [0.15, 0.2) is 0 Å². The number of nitrogens with one attached hydrogen (secondary N) is 1. The minimum atomic E-state index is -3.86. The van der Waals surface area contributed by atoms with Crippen LogP contribution in [-0.2, 0) is 26.2 Å². The Morgan fingerprint density at radius 1 is 1.14 bits per heavy atom. The molecule has 10 heteroatoms. The number of halogens is 1. The second-order valence-corrected chi connectivity index (χ2v) is 12.0. The Bertz CT molecular complexity index is 1210. The zero-order valence-electron chi connectivity index (χ0n) is 21.9. The van der Waals surface area contributed by atoms with Crippen molar-refractivity contribution in [1.29, 1.82) is 0 Å². The maximum Gasteiger partial charge on any atom is 0.244 e. The van der Waals surface area contributed by atoms with Gasteiger partial charge in [-0.15, -0.1) is 0 Å². The second-order valence-electron chi connectivity index (χ2n) is 9.62. The van der Waals surface area contributed by atoms with E-state index in [1.54, 1.807) is 43.3 Å². The number of methoxy groups -OCH3 is 1. The minimum absolute atomic E-state index is 0.0795. The number of sulfonamides is 1. The number of carbonyl (C=O) groups excluding carboxylic acids is 2. The molecule has 0 heterocycles. The van der Waals surface area contributed by atoms with Crippen molar-refractivity contribution in [2.75, 3.05) is 24.2 Å². The lowest BCUT2D eigenvalue weighted by Gasteiger charge is -2.33. The van der Waals surface area contributed by atoms with Gasteiger partial charge in [-0.2, -0.15) is 0 Å². The summed E-state index contributed by atoms with van der Waals surface area (Å²) in [6, 6.07) is 11.4. The van der Waals surface area contributed by atoms with Gasteiger partial charge in [0.2, 0.25) is 21.8 Å². The van der Waals surface area contributed by atoms with Crippen LogP contribution in [0.25, 0.3) is 0 Å². The van der Waals surface area contributed by atoms with Gasteiger partial charge < -0.3 is 15.0 Å². The van der Waals surface area contributed by atoms with E-state index in [0.717, 1.165) is 53.8 Å². The number of hydrogen-bond acceptors (Lipinski definition) is 5. The van der Waals surface area contributed by atoms with E-state index in [1.807, 2.05) is 13.0 Å². The van der Waals surface area contributed by atoms with Gasteiger partial charge in [-0.1, -0.05) is 49.1 Å². The average Bonchev–Trinajstić information content (AvgIpc) is 2.85. The third kappa shape index (κ3) is 7.85. The quantitative estimate of drug-likeness (QED) is 0.477. The highest BCUT2D eigenvalue weighted by Gasteiger charge is 2.32. The molecule has 1 aliphatic rings. The summed E-state index contributed by atoms with van der Waals surface area (Å²) in [7, 11) is -2.42. The van der Waals surface area contributed by atoms with Crippen molar-refractivity contribution in [2.24, 2.45) is 0 Å². The summed E-state index contributed by atoms with van der Waals surface area (Å²) >= 11 is 6.17. The van der Waals surface area contributed by atoms with Crippen molar-refractivity contribution in [3.05, 3.63) is 58.6 Å². The predicted octanol–water partition coefficient (Wildman–Crippen LogP) is 4.29. The number of carbonyl (C=O) groups is 2. The molecule has 1 fully saturated rings. The van der Waals surface area contributed by atoms with E-state index >= 15 is 0 Å². The van der Waals surface area contributed by atoms with Gasteiger partial charge in [-0.25, -0.2) is 8.42 Å². The fourth-order valence-electron chi connectivity index (χ4n) is 4.57. The molecule has 2 amide bonds. The van der Waals surface area contributed by atoms with Crippen LogP contribution in [0.3, 0.4) is 0 Å². The fourth-order valence-corrected chi connectivity index (χ4v) is 5.63. The van der Waals surface area contributed by atoms with Gasteiger partial charge in [0.25, 0.3) is 0 Å². The van der Waals surface area contributed by atoms with Crippen molar-refractivity contribution in [3.63, 3.8) is 0 Å². The third-order valence-electron chi connectivity index (χ3n) is 6.64. The molecule has 0 aliphatic heterocycles. The van der Waals surface area contributed by atoms with Gasteiger partial charge in [0, 0.05) is 17.6 Å². The smallest absolute Gasteiger partial charge is 0.244 e. The first-order valence-corrected chi connectivity index (χ1v) is 14.7. The minimum Gasteiger partial charge on any atom is -0.495 e. The van der Waals surface area contributed by atoms with Gasteiger partial charge in [0.1, 0.15) is 18.3 Å². The molecular weight excluding hydrogens is 514 g/mol. The first kappa shape index (κ1) is 28.8. The van der Waals surface area contributed by atoms with Crippen molar-refractivity contribution in [1.82, 2.24) is 10.2 Å². The van der Waals surface area contributed by atoms with E-state index in [1.165, 1.54) is 12.0 Å². The van der Waals surface area contributed by atoms with Crippen LogP contribution in [0.1, 0.15) is 50.2 Å². The van der Waals surface area contributed by atoms with E-state index < -0.39 is 28.5 Å². The van der Waals surface area contributed by atoms with E-state index in [0.29, 0.717) is 10.8 Å². The van der Waals surface area contributed by atoms with Crippen LogP contribution < -0.4 is 14.4 Å². The molecule has 0 radical (unpaired) electrons. The lowest BCUT2D eigenvalue weighted by Crippen LogP contribution is -2.53. The summed E-state index contributed by atoms with van der Waals surface area (Å²) in [5.74, 6) is -0.449. The molecule has 0 spiro atoms. The number of benzene rings is 2. The normalized spacial score (nSPS) is 15.1. The van der Waals surface area contributed by atoms with Crippen molar-refractivity contribution < 1.29 is 22.7 Å². The number of rotatable bonds is 10. The van der Waals surface area contributed by atoms with Crippen LogP contribution in [-0.4, -0.2) is 57.1 Å². The molecule has 1 N–H and O–H groups in total. The van der Waals surface area contributed by atoms with E-state index in [-0.39, 0.29) is 24.2 Å². The molecule has 0 bridgehead atoms. The molecule has 1 unspecified atom stereocenters. The van der Waals surface area contributed by atoms with E-state index in [4.69, 9.17) is 16.3 Å². The van der Waals surface area contributed by atoms with Gasteiger partial charge in [-0.05, 0) is 62.1 Å².